The molecule has 0 saturated heterocycles. The largest absolute Gasteiger partial charge is 4.00 e. The van der Waals surface area contributed by atoms with Gasteiger partial charge < -0.3 is 66.6 Å². The van der Waals surface area contributed by atoms with E-state index in [1.807, 2.05) is 0 Å². The van der Waals surface area contributed by atoms with E-state index in [-0.39, 0.29) is 58.9 Å². The topological polar surface area (TPSA) is 19.4 Å². The zero-order chi connectivity index (χ0) is 39.6. The van der Waals surface area contributed by atoms with E-state index >= 15 is 0 Å². The molecule has 0 aliphatic rings. The number of anilines is 6. The van der Waals surface area contributed by atoms with Crippen molar-refractivity contribution in [1.82, 2.24) is 0 Å². The van der Waals surface area contributed by atoms with Crippen molar-refractivity contribution in [1.29, 1.82) is 0 Å². The zero-order valence-electron chi connectivity index (χ0n) is 38.5. The minimum absolute atomic E-state index is 0. The van der Waals surface area contributed by atoms with E-state index in [2.05, 4.69) is 201 Å². The normalized spacial score (nSPS) is 10.8. The van der Waals surface area contributed by atoms with Crippen LogP contribution in [-0.4, -0.2) is 92.6 Å². The molecule has 0 aliphatic heterocycles. The van der Waals surface area contributed by atoms with Crippen LogP contribution in [0.1, 0.15) is 55.6 Å². The summed E-state index contributed by atoms with van der Waals surface area (Å²) in [4.78, 5) is 13.9. The van der Waals surface area contributed by atoms with Gasteiger partial charge in [-0.25, -0.2) is 0 Å². The van der Waals surface area contributed by atoms with Crippen LogP contribution in [-0.2, 0) is 21.7 Å². The molecule has 0 saturated carbocycles. The van der Waals surface area contributed by atoms with Gasteiger partial charge in [0.2, 0.25) is 0 Å². The average molecular weight is 876 g/mol. The molecule has 0 unspecified atom stereocenters. The number of nitrogens with zero attached hydrogens (tertiary/aromatic N) is 6. The smallest absolute Gasteiger partial charge is 1.00 e. The van der Waals surface area contributed by atoms with Gasteiger partial charge in [-0.2, -0.15) is 22.3 Å². The zero-order valence-corrected chi connectivity index (χ0v) is 43.4. The fraction of sp³-hybridized carbons (Fsp3) is 0.489. The Kier molecular flexibility index (Phi) is 18.7. The number of benzene rings is 3. The second-order valence-electron chi connectivity index (χ2n) is 16.7. The molecule has 0 heterocycles. The van der Waals surface area contributed by atoms with Crippen molar-refractivity contribution < 1.29 is 58.9 Å². The Labute approximate surface area is 376 Å². The van der Waals surface area contributed by atoms with Crippen molar-refractivity contribution in [2.24, 2.45) is 0 Å². The second kappa shape index (κ2) is 19.6. The summed E-state index contributed by atoms with van der Waals surface area (Å²) in [5.74, 6) is 0. The minimum Gasteiger partial charge on any atom is -1.00 e. The van der Waals surface area contributed by atoms with E-state index in [1.54, 1.807) is 5.19 Å². The molecular formula is C45H69Cl3N6SiTi. The summed E-state index contributed by atoms with van der Waals surface area (Å²) >= 11 is 0. The maximum atomic E-state index is 2.48. The van der Waals surface area contributed by atoms with Crippen LogP contribution in [0.4, 0.5) is 34.1 Å². The molecule has 4 aromatic rings. The van der Waals surface area contributed by atoms with Crippen molar-refractivity contribution in [3.8, 4) is 0 Å². The van der Waals surface area contributed by atoms with Crippen LogP contribution in [0, 0.1) is 69.2 Å². The molecule has 56 heavy (non-hydrogen) atoms. The van der Waals surface area contributed by atoms with E-state index in [0.29, 0.717) is 0 Å². The van der Waals surface area contributed by atoms with Gasteiger partial charge in [-0.1, -0.05) is 27.7 Å². The summed E-state index contributed by atoms with van der Waals surface area (Å²) in [6, 6.07) is 7.43. The Hall–Kier alpha value is -2.39. The average Bonchev–Trinajstić information content (AvgIpc) is 3.20. The standard InChI is InChI=1S/C45H69N6Si.3ClH.Ti/c1-26-23-36(46(11)12)39(49(17)18)33(8)42(26)52(45-31(6)29(4)30(5)32(45)7,43-27(2)24-37(47(13)14)40(34(43)9)50(19)20)44-28(3)25-38(48(15)16)41(35(44)10)51(21)22;;;;/h23-25H,1-22H3;3*1H;/q-1;;;;+4/p-3. The summed E-state index contributed by atoms with van der Waals surface area (Å²) < 4.78 is 0. The first kappa shape index (κ1) is 53.6. The number of halogens is 3. The molecule has 0 fully saturated rings. The van der Waals surface area contributed by atoms with Crippen LogP contribution in [0.15, 0.2) is 18.2 Å². The minimum atomic E-state index is -3.21. The Morgan fingerprint density at radius 2 is 0.571 bits per heavy atom. The molecular weight excluding hydrogens is 807 g/mol. The molecule has 11 heteroatoms. The van der Waals surface area contributed by atoms with Gasteiger partial charge in [-0.15, -0.1) is 5.19 Å². The number of hydrogen-bond donors (Lipinski definition) is 0. The van der Waals surface area contributed by atoms with Crippen molar-refractivity contribution >= 4 is 62.9 Å². The third-order valence-electron chi connectivity index (χ3n) is 11.9. The van der Waals surface area contributed by atoms with E-state index < -0.39 is 8.07 Å². The van der Waals surface area contributed by atoms with Gasteiger partial charge in [0.1, 0.15) is 8.07 Å². The van der Waals surface area contributed by atoms with Gasteiger partial charge in [-0.3, -0.25) is 0 Å². The van der Waals surface area contributed by atoms with Gasteiger partial charge in [0.05, 0.1) is 34.1 Å². The third kappa shape index (κ3) is 8.38. The molecule has 0 spiro atoms. The predicted molar refractivity (Wildman–Crippen MR) is 239 cm³/mol. The van der Waals surface area contributed by atoms with Crippen LogP contribution in [0.5, 0.6) is 0 Å². The Morgan fingerprint density at radius 3 is 0.750 bits per heavy atom. The maximum absolute atomic E-state index is 3.21. The fourth-order valence-corrected chi connectivity index (χ4v) is 16.9. The van der Waals surface area contributed by atoms with E-state index in [4.69, 9.17) is 0 Å². The van der Waals surface area contributed by atoms with Gasteiger partial charge in [0.25, 0.3) is 0 Å². The maximum Gasteiger partial charge on any atom is 4.00 e. The Balaban J connectivity index is 0.00000756. The van der Waals surface area contributed by atoms with Gasteiger partial charge >= 0.3 is 21.7 Å². The quantitative estimate of drug-likeness (QED) is 0.0975. The van der Waals surface area contributed by atoms with E-state index in [9.17, 15) is 0 Å². The molecule has 4 rings (SSSR count). The molecule has 0 bridgehead atoms. The van der Waals surface area contributed by atoms with Crippen LogP contribution < -0.4 is 87.4 Å². The summed E-state index contributed by atoms with van der Waals surface area (Å²) in [6.07, 6.45) is 0. The number of hydrogen-bond acceptors (Lipinski definition) is 6. The second-order valence-corrected chi connectivity index (χ2v) is 20.2. The summed E-state index contributed by atoms with van der Waals surface area (Å²) in [6.45, 7) is 23.9. The summed E-state index contributed by atoms with van der Waals surface area (Å²) in [7, 11) is 23.1. The molecule has 0 aromatic heterocycles. The molecule has 6 nitrogen and oxygen atoms in total. The molecule has 0 atom stereocenters. The first-order chi connectivity index (χ1) is 24.0. The number of rotatable bonds is 10. The first-order valence-corrected chi connectivity index (χ1v) is 20.7. The molecule has 0 radical (unpaired) electrons. The van der Waals surface area contributed by atoms with Gasteiger partial charge in [-0.05, 0) is 109 Å². The van der Waals surface area contributed by atoms with Crippen molar-refractivity contribution in [3.63, 3.8) is 0 Å². The number of aryl methyl sites for hydroxylation is 3. The van der Waals surface area contributed by atoms with E-state index in [0.717, 1.165) is 0 Å². The Bertz CT molecular complexity index is 1820. The monoisotopic (exact) mass is 874 g/mol. The van der Waals surface area contributed by atoms with Crippen LogP contribution >= 0.6 is 0 Å². The molecule has 0 amide bonds. The van der Waals surface area contributed by atoms with Crippen molar-refractivity contribution in [2.45, 2.75) is 69.2 Å². The van der Waals surface area contributed by atoms with Crippen molar-refractivity contribution in [3.05, 3.63) is 73.8 Å². The van der Waals surface area contributed by atoms with Gasteiger partial charge in [0, 0.05) is 84.6 Å². The molecule has 4 aromatic carbocycles. The molecule has 0 aliphatic carbocycles. The molecule has 0 N–H and O–H groups in total. The van der Waals surface area contributed by atoms with E-state index in [1.165, 1.54) is 105 Å². The summed E-state index contributed by atoms with van der Waals surface area (Å²) in [5.41, 5.74) is 21.5. The third-order valence-corrected chi connectivity index (χ3v) is 17.9. The summed E-state index contributed by atoms with van der Waals surface area (Å²) in [5, 5.41) is 6.10. The van der Waals surface area contributed by atoms with Crippen LogP contribution in [0.3, 0.4) is 0 Å². The molecule has 308 valence electrons. The predicted octanol–water partition coefficient (Wildman–Crippen LogP) is -2.73. The fourth-order valence-electron chi connectivity index (χ4n) is 9.83. The Morgan fingerprint density at radius 1 is 0.357 bits per heavy atom. The first-order valence-electron chi connectivity index (χ1n) is 18.7. The van der Waals surface area contributed by atoms with Crippen molar-refractivity contribution in [2.75, 3.05) is 114 Å². The SMILES string of the molecule is Cc1cc(N(C)C)c(N(C)C)c(C)c1[Si](c1c(C)cc(N(C)C)c(N(C)C)c1C)(c1c(C)cc(N(C)C)c(N(C)C)c1C)[c-]1c(C)c(C)c(C)c1C.[Cl-].[Cl-].[Cl-].[Ti+4]. The van der Waals surface area contributed by atoms with Crippen LogP contribution in [0.25, 0.3) is 0 Å². The van der Waals surface area contributed by atoms with Crippen LogP contribution in [0.2, 0.25) is 0 Å². The van der Waals surface area contributed by atoms with Gasteiger partial charge in [0.15, 0.2) is 0 Å².